The van der Waals surface area contributed by atoms with Gasteiger partial charge < -0.3 is 5.73 Å². The number of nitrogens with two attached hydrogens (primary N) is 1. The Kier molecular flexibility index (Phi) is 2.75. The van der Waals surface area contributed by atoms with Gasteiger partial charge in [-0.05, 0) is 6.42 Å². The van der Waals surface area contributed by atoms with E-state index in [0.717, 1.165) is 12.7 Å². The predicted octanol–water partition coefficient (Wildman–Crippen LogP) is 0.390. The lowest BCUT2D eigenvalue weighted by atomic mass is 9.82. The first-order valence-corrected chi connectivity index (χ1v) is 3.35. The molecule has 0 aliphatic heterocycles. The van der Waals surface area contributed by atoms with Gasteiger partial charge in [0.05, 0.1) is 5.84 Å². The molecule has 0 aliphatic carbocycles. The minimum atomic E-state index is -0.0885. The molecule has 0 spiro atoms. The van der Waals surface area contributed by atoms with Crippen molar-refractivity contribution in [3.63, 3.8) is 0 Å². The second-order valence-electron chi connectivity index (χ2n) is 3.05. The zero-order chi connectivity index (χ0) is 7.49. The molecular formula is C6H15BN2. The molecule has 0 fully saturated rings. The second-order valence-corrected chi connectivity index (χ2v) is 3.05. The molecule has 0 amide bonds. The molecule has 0 heterocycles. The SMILES string of the molecule is BCCC(C)(C)C(=N)N. The third-order valence-electron chi connectivity index (χ3n) is 1.60. The standard InChI is InChI=1S/C6H15BN2/c1-6(2,3-4-7)5(8)9/h3-4,7H2,1-2H3,(H3,8,9). The molecule has 3 heteroatoms. The predicted molar refractivity (Wildman–Crippen MR) is 43.7 cm³/mol. The highest BCUT2D eigenvalue weighted by atomic mass is 14.7. The van der Waals surface area contributed by atoms with Crippen LogP contribution >= 0.6 is 0 Å². The lowest BCUT2D eigenvalue weighted by Crippen LogP contribution is -2.30. The van der Waals surface area contributed by atoms with E-state index in [4.69, 9.17) is 11.1 Å². The molecular weight excluding hydrogens is 111 g/mol. The first kappa shape index (κ1) is 8.53. The normalized spacial score (nSPS) is 11.3. The van der Waals surface area contributed by atoms with Gasteiger partial charge in [-0.2, -0.15) is 0 Å². The molecule has 0 saturated carbocycles. The lowest BCUT2D eigenvalue weighted by Gasteiger charge is -2.21. The minimum absolute atomic E-state index is 0.0885. The Balaban J connectivity index is 3.85. The second kappa shape index (κ2) is 2.90. The van der Waals surface area contributed by atoms with Crippen molar-refractivity contribution < 1.29 is 0 Å². The molecule has 0 aromatic carbocycles. The van der Waals surface area contributed by atoms with Crippen LogP contribution in [0.25, 0.3) is 0 Å². The van der Waals surface area contributed by atoms with Crippen LogP contribution in [0.2, 0.25) is 6.32 Å². The fourth-order valence-corrected chi connectivity index (χ4v) is 0.760. The fourth-order valence-electron chi connectivity index (χ4n) is 0.760. The first-order valence-electron chi connectivity index (χ1n) is 3.35. The topological polar surface area (TPSA) is 49.9 Å². The molecule has 0 unspecified atom stereocenters. The molecule has 0 saturated heterocycles. The number of amidine groups is 1. The van der Waals surface area contributed by atoms with E-state index in [9.17, 15) is 0 Å². The summed E-state index contributed by atoms with van der Waals surface area (Å²) >= 11 is 0. The maximum absolute atomic E-state index is 7.18. The molecule has 0 aromatic rings. The van der Waals surface area contributed by atoms with Crippen molar-refractivity contribution in [3.05, 3.63) is 0 Å². The van der Waals surface area contributed by atoms with Crippen LogP contribution in [-0.4, -0.2) is 13.7 Å². The van der Waals surface area contributed by atoms with Gasteiger partial charge in [-0.15, -0.1) is 0 Å². The lowest BCUT2D eigenvalue weighted by molar-refractivity contribution is 0.495. The Morgan fingerprint density at radius 2 is 2.11 bits per heavy atom. The molecule has 0 atom stereocenters. The highest BCUT2D eigenvalue weighted by molar-refractivity contribution is 6.08. The van der Waals surface area contributed by atoms with Crippen LogP contribution in [0.1, 0.15) is 20.3 Å². The molecule has 3 N–H and O–H groups in total. The van der Waals surface area contributed by atoms with Gasteiger partial charge in [-0.1, -0.05) is 20.2 Å². The molecule has 0 radical (unpaired) electrons. The van der Waals surface area contributed by atoms with Crippen LogP contribution < -0.4 is 5.73 Å². The molecule has 9 heavy (non-hydrogen) atoms. The average Bonchev–Trinajstić information content (AvgIpc) is 1.65. The van der Waals surface area contributed by atoms with E-state index >= 15 is 0 Å². The van der Waals surface area contributed by atoms with E-state index in [0.29, 0.717) is 5.84 Å². The van der Waals surface area contributed by atoms with Crippen molar-refractivity contribution in [2.24, 2.45) is 11.1 Å². The van der Waals surface area contributed by atoms with E-state index in [1.165, 1.54) is 0 Å². The summed E-state index contributed by atoms with van der Waals surface area (Å²) in [5.41, 5.74) is 5.25. The average molecular weight is 126 g/mol. The quantitative estimate of drug-likeness (QED) is 0.320. The molecule has 2 nitrogen and oxygen atoms in total. The molecule has 52 valence electrons. The third kappa shape index (κ3) is 2.54. The van der Waals surface area contributed by atoms with Gasteiger partial charge in [0.1, 0.15) is 7.85 Å². The van der Waals surface area contributed by atoms with Crippen LogP contribution in [0, 0.1) is 10.8 Å². The third-order valence-corrected chi connectivity index (χ3v) is 1.60. The van der Waals surface area contributed by atoms with Gasteiger partial charge in [-0.25, -0.2) is 0 Å². The Morgan fingerprint density at radius 1 is 1.67 bits per heavy atom. The van der Waals surface area contributed by atoms with Gasteiger partial charge >= 0.3 is 0 Å². The molecule has 0 rings (SSSR count). The minimum Gasteiger partial charge on any atom is -0.387 e. The summed E-state index contributed by atoms with van der Waals surface area (Å²) in [6.07, 6.45) is 2.09. The number of nitrogens with one attached hydrogen (secondary N) is 1. The molecule has 0 bridgehead atoms. The van der Waals surface area contributed by atoms with Gasteiger partial charge in [-0.3, -0.25) is 5.41 Å². The number of rotatable bonds is 3. The van der Waals surface area contributed by atoms with Crippen LogP contribution in [-0.2, 0) is 0 Å². The fraction of sp³-hybridized carbons (Fsp3) is 0.833. The summed E-state index contributed by atoms with van der Waals surface area (Å²) in [6.45, 7) is 4.00. The van der Waals surface area contributed by atoms with Crippen molar-refractivity contribution in [2.75, 3.05) is 0 Å². The monoisotopic (exact) mass is 126 g/mol. The first-order chi connectivity index (χ1) is 4.00. The van der Waals surface area contributed by atoms with Crippen molar-refractivity contribution in [1.29, 1.82) is 5.41 Å². The maximum atomic E-state index is 7.18. The summed E-state index contributed by atoms with van der Waals surface area (Å²) in [5.74, 6) is 0.296. The smallest absolute Gasteiger partial charge is 0.101 e. The van der Waals surface area contributed by atoms with Crippen molar-refractivity contribution in [3.8, 4) is 0 Å². The summed E-state index contributed by atoms with van der Waals surface area (Å²) in [7, 11) is 2.10. The van der Waals surface area contributed by atoms with Crippen LogP contribution in [0.3, 0.4) is 0 Å². The summed E-state index contributed by atoms with van der Waals surface area (Å²) in [5, 5.41) is 7.18. The van der Waals surface area contributed by atoms with Crippen LogP contribution in [0.15, 0.2) is 0 Å². The van der Waals surface area contributed by atoms with E-state index in [-0.39, 0.29) is 5.41 Å². The van der Waals surface area contributed by atoms with Gasteiger partial charge in [0.25, 0.3) is 0 Å². The Labute approximate surface area is 57.7 Å². The van der Waals surface area contributed by atoms with Crippen LogP contribution in [0.4, 0.5) is 0 Å². The van der Waals surface area contributed by atoms with Crippen molar-refractivity contribution >= 4 is 13.7 Å². The van der Waals surface area contributed by atoms with E-state index in [2.05, 4.69) is 7.85 Å². The van der Waals surface area contributed by atoms with Gasteiger partial charge in [0.15, 0.2) is 0 Å². The molecule has 0 aromatic heterocycles. The number of hydrogen-bond donors (Lipinski definition) is 2. The Hall–Kier alpha value is -0.465. The highest BCUT2D eigenvalue weighted by Gasteiger charge is 2.19. The van der Waals surface area contributed by atoms with Crippen molar-refractivity contribution in [2.45, 2.75) is 26.6 Å². The summed E-state index contributed by atoms with van der Waals surface area (Å²) in [4.78, 5) is 0. The van der Waals surface area contributed by atoms with E-state index in [1.807, 2.05) is 13.8 Å². The molecule has 0 aliphatic rings. The highest BCUT2D eigenvalue weighted by Crippen LogP contribution is 2.20. The van der Waals surface area contributed by atoms with Crippen LogP contribution in [0.5, 0.6) is 0 Å². The number of hydrogen-bond acceptors (Lipinski definition) is 1. The van der Waals surface area contributed by atoms with E-state index < -0.39 is 0 Å². The Bertz CT molecular complexity index is 110. The zero-order valence-corrected chi connectivity index (χ0v) is 6.49. The summed E-state index contributed by atoms with van der Waals surface area (Å²) in [6, 6.07) is 0. The summed E-state index contributed by atoms with van der Waals surface area (Å²) < 4.78 is 0. The van der Waals surface area contributed by atoms with Gasteiger partial charge in [0, 0.05) is 5.41 Å². The van der Waals surface area contributed by atoms with E-state index in [1.54, 1.807) is 0 Å². The van der Waals surface area contributed by atoms with Gasteiger partial charge in [0.2, 0.25) is 0 Å². The largest absolute Gasteiger partial charge is 0.387 e. The van der Waals surface area contributed by atoms with Crippen molar-refractivity contribution in [1.82, 2.24) is 0 Å². The zero-order valence-electron chi connectivity index (χ0n) is 6.49. The maximum Gasteiger partial charge on any atom is 0.101 e. The Morgan fingerprint density at radius 3 is 2.22 bits per heavy atom.